The van der Waals surface area contributed by atoms with Crippen molar-refractivity contribution in [3.63, 3.8) is 0 Å². The SMILES string of the molecule is COC(CCc1ccccc1)(CCc1ccccc1)OC. The molecule has 0 spiro atoms. The number of rotatable bonds is 8. The molecule has 0 saturated heterocycles. The van der Waals surface area contributed by atoms with Crippen molar-refractivity contribution in [2.45, 2.75) is 31.5 Å². The molecule has 0 aliphatic rings. The lowest BCUT2D eigenvalue weighted by atomic mass is 9.98. The average Bonchev–Trinajstić information content (AvgIpc) is 2.58. The van der Waals surface area contributed by atoms with Crippen LogP contribution in [-0.2, 0) is 22.3 Å². The van der Waals surface area contributed by atoms with E-state index in [2.05, 4.69) is 48.5 Å². The lowest BCUT2D eigenvalue weighted by Gasteiger charge is -2.31. The molecule has 0 unspecified atom stereocenters. The van der Waals surface area contributed by atoms with Gasteiger partial charge in [0.15, 0.2) is 5.79 Å². The van der Waals surface area contributed by atoms with Gasteiger partial charge in [-0.2, -0.15) is 0 Å². The Bertz CT molecular complexity index is 458. The Hall–Kier alpha value is -1.64. The van der Waals surface area contributed by atoms with E-state index in [-0.39, 0.29) is 0 Å². The Morgan fingerprint density at radius 1 is 0.667 bits per heavy atom. The van der Waals surface area contributed by atoms with Crippen LogP contribution < -0.4 is 0 Å². The molecule has 0 bridgehead atoms. The van der Waals surface area contributed by atoms with Gasteiger partial charge in [-0.3, -0.25) is 0 Å². The second kappa shape index (κ2) is 7.96. The first-order valence-corrected chi connectivity index (χ1v) is 7.46. The van der Waals surface area contributed by atoms with E-state index in [9.17, 15) is 0 Å². The Balaban J connectivity index is 1.95. The molecule has 0 atom stereocenters. The number of ether oxygens (including phenoxy) is 2. The Labute approximate surface area is 127 Å². The van der Waals surface area contributed by atoms with Crippen LogP contribution in [0.2, 0.25) is 0 Å². The van der Waals surface area contributed by atoms with Crippen LogP contribution in [0.25, 0.3) is 0 Å². The summed E-state index contributed by atoms with van der Waals surface area (Å²) in [4.78, 5) is 0. The molecule has 0 radical (unpaired) electrons. The van der Waals surface area contributed by atoms with Crippen molar-refractivity contribution < 1.29 is 9.47 Å². The van der Waals surface area contributed by atoms with Crippen LogP contribution in [0.15, 0.2) is 60.7 Å². The largest absolute Gasteiger partial charge is 0.353 e. The summed E-state index contributed by atoms with van der Waals surface area (Å²) in [5, 5.41) is 0. The van der Waals surface area contributed by atoms with E-state index in [0.717, 1.165) is 25.7 Å². The maximum Gasteiger partial charge on any atom is 0.168 e. The van der Waals surface area contributed by atoms with Gasteiger partial charge < -0.3 is 9.47 Å². The van der Waals surface area contributed by atoms with Crippen LogP contribution in [0, 0.1) is 0 Å². The highest BCUT2D eigenvalue weighted by molar-refractivity contribution is 5.16. The highest BCUT2D eigenvalue weighted by Gasteiger charge is 2.28. The Morgan fingerprint density at radius 3 is 1.38 bits per heavy atom. The molecule has 2 aromatic rings. The quantitative estimate of drug-likeness (QED) is 0.675. The summed E-state index contributed by atoms with van der Waals surface area (Å²) in [5.74, 6) is -0.508. The number of hydrogen-bond acceptors (Lipinski definition) is 2. The van der Waals surface area contributed by atoms with E-state index in [1.165, 1.54) is 11.1 Å². The standard InChI is InChI=1S/C19H24O2/c1-20-19(21-2,15-13-17-9-5-3-6-10-17)16-14-18-11-7-4-8-12-18/h3-12H,13-16H2,1-2H3. The van der Waals surface area contributed by atoms with E-state index >= 15 is 0 Å². The molecule has 0 aliphatic heterocycles. The van der Waals surface area contributed by atoms with E-state index < -0.39 is 5.79 Å². The molecule has 0 heterocycles. The van der Waals surface area contributed by atoms with Crippen molar-refractivity contribution >= 4 is 0 Å². The minimum Gasteiger partial charge on any atom is -0.353 e. The number of aryl methyl sites for hydroxylation is 2. The maximum absolute atomic E-state index is 5.71. The second-order valence-electron chi connectivity index (χ2n) is 5.29. The van der Waals surface area contributed by atoms with Gasteiger partial charge in [0, 0.05) is 27.1 Å². The fourth-order valence-corrected chi connectivity index (χ4v) is 2.58. The van der Waals surface area contributed by atoms with E-state index in [4.69, 9.17) is 9.47 Å². The topological polar surface area (TPSA) is 18.5 Å². The summed E-state index contributed by atoms with van der Waals surface area (Å²) in [6, 6.07) is 20.9. The maximum atomic E-state index is 5.71. The highest BCUT2D eigenvalue weighted by atomic mass is 16.7. The number of hydrogen-bond donors (Lipinski definition) is 0. The molecule has 2 heteroatoms. The van der Waals surface area contributed by atoms with Crippen molar-refractivity contribution in [3.8, 4) is 0 Å². The summed E-state index contributed by atoms with van der Waals surface area (Å²) in [7, 11) is 3.47. The average molecular weight is 284 g/mol. The third-order valence-electron chi connectivity index (χ3n) is 4.02. The van der Waals surface area contributed by atoms with E-state index in [1.807, 2.05) is 12.1 Å². The number of benzene rings is 2. The van der Waals surface area contributed by atoms with Crippen LogP contribution >= 0.6 is 0 Å². The summed E-state index contributed by atoms with van der Waals surface area (Å²) < 4.78 is 11.4. The molecule has 0 fully saturated rings. The van der Waals surface area contributed by atoms with Gasteiger partial charge in [0.2, 0.25) is 0 Å². The number of methoxy groups -OCH3 is 2. The van der Waals surface area contributed by atoms with Crippen LogP contribution in [0.1, 0.15) is 24.0 Å². The van der Waals surface area contributed by atoms with Gasteiger partial charge in [-0.25, -0.2) is 0 Å². The molecule has 0 N–H and O–H groups in total. The fourth-order valence-electron chi connectivity index (χ4n) is 2.58. The normalized spacial score (nSPS) is 11.5. The van der Waals surface area contributed by atoms with Gasteiger partial charge in [-0.05, 0) is 24.0 Å². The molecule has 2 aromatic carbocycles. The first-order chi connectivity index (χ1) is 10.3. The third kappa shape index (κ3) is 4.69. The van der Waals surface area contributed by atoms with Crippen LogP contribution in [0.3, 0.4) is 0 Å². The van der Waals surface area contributed by atoms with Crippen LogP contribution in [-0.4, -0.2) is 20.0 Å². The smallest absolute Gasteiger partial charge is 0.168 e. The fraction of sp³-hybridized carbons (Fsp3) is 0.368. The van der Waals surface area contributed by atoms with Gasteiger partial charge in [-0.1, -0.05) is 60.7 Å². The van der Waals surface area contributed by atoms with Crippen LogP contribution in [0.4, 0.5) is 0 Å². The Morgan fingerprint density at radius 2 is 1.05 bits per heavy atom. The molecule has 21 heavy (non-hydrogen) atoms. The monoisotopic (exact) mass is 284 g/mol. The lowest BCUT2D eigenvalue weighted by molar-refractivity contribution is -0.214. The van der Waals surface area contributed by atoms with Crippen molar-refractivity contribution in [3.05, 3.63) is 71.8 Å². The minimum atomic E-state index is -0.508. The molecule has 2 nitrogen and oxygen atoms in total. The van der Waals surface area contributed by atoms with Gasteiger partial charge in [0.25, 0.3) is 0 Å². The minimum absolute atomic E-state index is 0.508. The highest BCUT2D eigenvalue weighted by Crippen LogP contribution is 2.25. The third-order valence-corrected chi connectivity index (χ3v) is 4.02. The zero-order valence-corrected chi connectivity index (χ0v) is 12.9. The summed E-state index contributed by atoms with van der Waals surface area (Å²) >= 11 is 0. The molecular formula is C19H24O2. The molecule has 112 valence electrons. The van der Waals surface area contributed by atoms with Crippen molar-refractivity contribution in [1.82, 2.24) is 0 Å². The summed E-state index contributed by atoms with van der Waals surface area (Å²) in [6.07, 6.45) is 3.63. The molecule has 2 rings (SSSR count). The first-order valence-electron chi connectivity index (χ1n) is 7.46. The van der Waals surface area contributed by atoms with Gasteiger partial charge in [0.1, 0.15) is 0 Å². The summed E-state index contributed by atoms with van der Waals surface area (Å²) in [5.41, 5.74) is 2.63. The first kappa shape index (κ1) is 15.7. The van der Waals surface area contributed by atoms with Crippen molar-refractivity contribution in [2.24, 2.45) is 0 Å². The predicted octanol–water partition coefficient (Wildman–Crippen LogP) is 4.24. The van der Waals surface area contributed by atoms with Gasteiger partial charge in [0.05, 0.1) is 0 Å². The predicted molar refractivity (Wildman–Crippen MR) is 86.3 cm³/mol. The zero-order chi connectivity index (χ0) is 15.0. The molecule has 0 aliphatic carbocycles. The van der Waals surface area contributed by atoms with Crippen LogP contribution in [0.5, 0.6) is 0 Å². The molecule has 0 saturated carbocycles. The van der Waals surface area contributed by atoms with Gasteiger partial charge in [-0.15, -0.1) is 0 Å². The molecule has 0 aromatic heterocycles. The molecule has 0 amide bonds. The zero-order valence-electron chi connectivity index (χ0n) is 12.9. The van der Waals surface area contributed by atoms with E-state index in [1.54, 1.807) is 14.2 Å². The van der Waals surface area contributed by atoms with Gasteiger partial charge >= 0.3 is 0 Å². The van der Waals surface area contributed by atoms with E-state index in [0.29, 0.717) is 0 Å². The van der Waals surface area contributed by atoms with Crippen molar-refractivity contribution in [1.29, 1.82) is 0 Å². The summed E-state index contributed by atoms with van der Waals surface area (Å²) in [6.45, 7) is 0. The lowest BCUT2D eigenvalue weighted by Crippen LogP contribution is -2.35. The van der Waals surface area contributed by atoms with Crippen molar-refractivity contribution in [2.75, 3.05) is 14.2 Å². The molecular weight excluding hydrogens is 260 g/mol. The second-order valence-corrected chi connectivity index (χ2v) is 5.29. The Kier molecular flexibility index (Phi) is 5.97.